The molecule has 0 saturated heterocycles. The number of ether oxygens (including phenoxy) is 1. The SMILES string of the molecule is CCCCOc1cc(CN(O)CC(=O)C(C)(C)C(C)=O)c(Cl)cc1C. The van der Waals surface area contributed by atoms with Gasteiger partial charge >= 0.3 is 0 Å². The van der Waals surface area contributed by atoms with Crippen molar-refractivity contribution in [2.24, 2.45) is 5.41 Å². The fraction of sp³-hybridized carbons (Fsp3) is 0.579. The third kappa shape index (κ3) is 6.10. The van der Waals surface area contributed by atoms with E-state index in [4.69, 9.17) is 16.3 Å². The molecule has 1 aromatic carbocycles. The van der Waals surface area contributed by atoms with Crippen molar-refractivity contribution in [2.45, 2.75) is 54.0 Å². The molecule has 0 atom stereocenters. The smallest absolute Gasteiger partial charge is 0.162 e. The van der Waals surface area contributed by atoms with E-state index in [1.807, 2.05) is 6.92 Å². The molecule has 1 N–H and O–H groups in total. The second-order valence-electron chi connectivity index (χ2n) is 6.84. The molecule has 1 aromatic rings. The van der Waals surface area contributed by atoms with Crippen molar-refractivity contribution in [3.8, 4) is 5.75 Å². The zero-order chi connectivity index (χ0) is 19.2. The number of carbonyl (C=O) groups excluding carboxylic acids is 2. The van der Waals surface area contributed by atoms with Crippen LogP contribution in [0.4, 0.5) is 0 Å². The maximum Gasteiger partial charge on any atom is 0.162 e. The Balaban J connectivity index is 2.82. The first-order valence-corrected chi connectivity index (χ1v) is 8.87. The molecule has 25 heavy (non-hydrogen) atoms. The summed E-state index contributed by atoms with van der Waals surface area (Å²) in [6, 6.07) is 3.57. The highest BCUT2D eigenvalue weighted by molar-refractivity contribution is 6.31. The molecule has 0 amide bonds. The summed E-state index contributed by atoms with van der Waals surface area (Å²) < 4.78 is 5.75. The first kappa shape index (κ1) is 21.6. The summed E-state index contributed by atoms with van der Waals surface area (Å²) in [5.41, 5.74) is 0.463. The molecular formula is C19H28ClNO4. The van der Waals surface area contributed by atoms with Gasteiger partial charge in [-0.15, -0.1) is 0 Å². The largest absolute Gasteiger partial charge is 0.493 e. The molecule has 0 unspecified atom stereocenters. The van der Waals surface area contributed by atoms with Crippen LogP contribution in [0, 0.1) is 12.3 Å². The number of hydroxylamine groups is 2. The number of Topliss-reactive ketones (excluding diaryl/α,β-unsaturated/α-hetero) is 2. The molecule has 140 valence electrons. The van der Waals surface area contributed by atoms with E-state index in [2.05, 4.69) is 6.92 Å². The van der Waals surface area contributed by atoms with Crippen molar-refractivity contribution in [2.75, 3.05) is 13.2 Å². The van der Waals surface area contributed by atoms with E-state index in [1.165, 1.54) is 6.92 Å². The van der Waals surface area contributed by atoms with E-state index in [1.54, 1.807) is 26.0 Å². The van der Waals surface area contributed by atoms with E-state index in [0.717, 1.165) is 29.2 Å². The molecule has 6 heteroatoms. The topological polar surface area (TPSA) is 66.8 Å². The minimum absolute atomic E-state index is 0.0724. The fourth-order valence-electron chi connectivity index (χ4n) is 2.11. The average molecular weight is 370 g/mol. The van der Waals surface area contributed by atoms with Gasteiger partial charge < -0.3 is 9.94 Å². The molecule has 0 heterocycles. The van der Waals surface area contributed by atoms with Gasteiger partial charge in [0.1, 0.15) is 11.5 Å². The number of nitrogens with zero attached hydrogens (tertiary/aromatic N) is 1. The number of hydrogen-bond donors (Lipinski definition) is 1. The molecular weight excluding hydrogens is 342 g/mol. The number of rotatable bonds is 10. The van der Waals surface area contributed by atoms with Crippen molar-refractivity contribution in [1.29, 1.82) is 0 Å². The minimum Gasteiger partial charge on any atom is -0.493 e. The molecule has 5 nitrogen and oxygen atoms in total. The van der Waals surface area contributed by atoms with Crippen LogP contribution in [-0.4, -0.2) is 35.0 Å². The van der Waals surface area contributed by atoms with Crippen LogP contribution in [0.1, 0.15) is 51.7 Å². The molecule has 0 aliphatic carbocycles. The van der Waals surface area contributed by atoms with Gasteiger partial charge in [-0.25, -0.2) is 0 Å². The van der Waals surface area contributed by atoms with Crippen molar-refractivity contribution in [1.82, 2.24) is 5.06 Å². The van der Waals surface area contributed by atoms with Crippen LogP contribution in [0.25, 0.3) is 0 Å². The summed E-state index contributed by atoms with van der Waals surface area (Å²) in [7, 11) is 0. The number of aryl methyl sites for hydroxylation is 1. The number of halogens is 1. The van der Waals surface area contributed by atoms with Gasteiger partial charge in [-0.05, 0) is 57.4 Å². The van der Waals surface area contributed by atoms with E-state index < -0.39 is 5.41 Å². The van der Waals surface area contributed by atoms with Gasteiger partial charge in [-0.1, -0.05) is 24.9 Å². The molecule has 0 radical (unpaired) electrons. The second-order valence-corrected chi connectivity index (χ2v) is 7.25. The molecule has 1 rings (SSSR count). The average Bonchev–Trinajstić information content (AvgIpc) is 2.51. The summed E-state index contributed by atoms with van der Waals surface area (Å²) in [4.78, 5) is 23.8. The van der Waals surface area contributed by atoms with Crippen molar-refractivity contribution in [3.63, 3.8) is 0 Å². The normalized spacial score (nSPS) is 11.7. The zero-order valence-electron chi connectivity index (χ0n) is 15.7. The Morgan fingerprint density at radius 1 is 1.32 bits per heavy atom. The Labute approximate surface area is 154 Å². The minimum atomic E-state index is -1.12. The van der Waals surface area contributed by atoms with Crippen molar-refractivity contribution < 1.29 is 19.5 Å². The lowest BCUT2D eigenvalue weighted by Crippen LogP contribution is -2.39. The Hall–Kier alpha value is -1.43. The fourth-order valence-corrected chi connectivity index (χ4v) is 2.39. The van der Waals surface area contributed by atoms with Crippen LogP contribution in [0.3, 0.4) is 0 Å². The Kier molecular flexibility index (Phi) is 8.06. The van der Waals surface area contributed by atoms with Crippen LogP contribution in [0.5, 0.6) is 5.75 Å². The van der Waals surface area contributed by atoms with Gasteiger partial charge in [-0.2, -0.15) is 5.06 Å². The Morgan fingerprint density at radius 2 is 1.96 bits per heavy atom. The Morgan fingerprint density at radius 3 is 2.52 bits per heavy atom. The summed E-state index contributed by atoms with van der Waals surface area (Å²) in [5.74, 6) is 0.146. The number of carbonyl (C=O) groups is 2. The monoisotopic (exact) mass is 369 g/mol. The highest BCUT2D eigenvalue weighted by Gasteiger charge is 2.33. The third-order valence-electron chi connectivity index (χ3n) is 4.36. The molecule has 0 spiro atoms. The maximum atomic E-state index is 12.2. The van der Waals surface area contributed by atoms with Crippen molar-refractivity contribution >= 4 is 23.2 Å². The van der Waals surface area contributed by atoms with Gasteiger partial charge in [-0.3, -0.25) is 9.59 Å². The van der Waals surface area contributed by atoms with Gasteiger partial charge in [0.05, 0.1) is 25.1 Å². The molecule has 0 saturated carbocycles. The predicted molar refractivity (Wildman–Crippen MR) is 98.3 cm³/mol. The van der Waals surface area contributed by atoms with Gasteiger partial charge in [0.15, 0.2) is 5.78 Å². The number of hydrogen-bond acceptors (Lipinski definition) is 5. The highest BCUT2D eigenvalue weighted by atomic mass is 35.5. The lowest BCUT2D eigenvalue weighted by molar-refractivity contribution is -0.149. The van der Waals surface area contributed by atoms with Crippen LogP contribution in [0.15, 0.2) is 12.1 Å². The van der Waals surface area contributed by atoms with Gasteiger partial charge in [0, 0.05) is 5.02 Å². The third-order valence-corrected chi connectivity index (χ3v) is 4.71. The number of ketones is 2. The molecule has 0 aliphatic heterocycles. The van der Waals surface area contributed by atoms with Crippen LogP contribution in [0.2, 0.25) is 5.02 Å². The highest BCUT2D eigenvalue weighted by Crippen LogP contribution is 2.28. The summed E-state index contributed by atoms with van der Waals surface area (Å²) in [6.45, 7) is 8.93. The number of unbranched alkanes of at least 4 members (excludes halogenated alkanes) is 1. The standard InChI is InChI=1S/C19H28ClNO4/c1-6-7-8-25-17-10-15(16(20)9-13(17)2)11-21(24)12-18(23)19(4,5)14(3)22/h9-10,24H,6-8,11-12H2,1-5H3. The zero-order valence-corrected chi connectivity index (χ0v) is 16.4. The molecule has 0 fully saturated rings. The van der Waals surface area contributed by atoms with E-state index in [9.17, 15) is 14.8 Å². The van der Waals surface area contributed by atoms with E-state index in [-0.39, 0.29) is 24.7 Å². The molecule has 0 aromatic heterocycles. The van der Waals surface area contributed by atoms with Crippen LogP contribution in [-0.2, 0) is 16.1 Å². The molecule has 0 bridgehead atoms. The maximum absolute atomic E-state index is 12.2. The van der Waals surface area contributed by atoms with E-state index in [0.29, 0.717) is 17.2 Å². The van der Waals surface area contributed by atoms with Crippen molar-refractivity contribution in [3.05, 3.63) is 28.3 Å². The quantitative estimate of drug-likeness (QED) is 0.380. The summed E-state index contributed by atoms with van der Waals surface area (Å²) in [6.07, 6.45) is 2.00. The van der Waals surface area contributed by atoms with E-state index >= 15 is 0 Å². The van der Waals surface area contributed by atoms with Crippen LogP contribution >= 0.6 is 11.6 Å². The summed E-state index contributed by atoms with van der Waals surface area (Å²) in [5, 5.41) is 11.5. The number of benzene rings is 1. The second kappa shape index (κ2) is 9.32. The molecule has 0 aliphatic rings. The van der Waals surface area contributed by atoms with Gasteiger partial charge in [0.2, 0.25) is 0 Å². The first-order chi connectivity index (χ1) is 11.6. The van der Waals surface area contributed by atoms with Crippen LogP contribution < -0.4 is 4.74 Å². The Bertz CT molecular complexity index is 628. The van der Waals surface area contributed by atoms with Gasteiger partial charge in [0.25, 0.3) is 0 Å². The summed E-state index contributed by atoms with van der Waals surface area (Å²) >= 11 is 6.25. The lowest BCUT2D eigenvalue weighted by atomic mass is 9.84. The lowest BCUT2D eigenvalue weighted by Gasteiger charge is -2.23. The predicted octanol–water partition coefficient (Wildman–Crippen LogP) is 4.20. The first-order valence-electron chi connectivity index (χ1n) is 8.49.